The smallest absolute Gasteiger partial charge is 0.258 e. The molecule has 0 radical (unpaired) electrons. The van der Waals surface area contributed by atoms with E-state index in [4.69, 9.17) is 11.6 Å². The summed E-state index contributed by atoms with van der Waals surface area (Å²) < 4.78 is 14.3. The average Bonchev–Trinajstić information content (AvgIpc) is 2.69. The van der Waals surface area contributed by atoms with Crippen LogP contribution < -0.4 is 0 Å². The van der Waals surface area contributed by atoms with Gasteiger partial charge in [-0.2, -0.15) is 0 Å². The second-order valence-electron chi connectivity index (χ2n) is 4.58. The van der Waals surface area contributed by atoms with Crippen molar-refractivity contribution in [3.63, 3.8) is 0 Å². The van der Waals surface area contributed by atoms with Crippen molar-refractivity contribution < 1.29 is 9.18 Å². The van der Waals surface area contributed by atoms with E-state index in [2.05, 4.69) is 22.9 Å². The zero-order valence-electron chi connectivity index (χ0n) is 10.00. The Morgan fingerprint density at radius 3 is 2.94 bits per heavy atom. The summed E-state index contributed by atoms with van der Waals surface area (Å²) in [4.78, 5) is 14.1. The molecule has 0 spiro atoms. The van der Waals surface area contributed by atoms with Gasteiger partial charge >= 0.3 is 0 Å². The summed E-state index contributed by atoms with van der Waals surface area (Å²) in [5, 5.41) is 0. The van der Waals surface area contributed by atoms with Crippen LogP contribution >= 0.6 is 27.5 Å². The van der Waals surface area contributed by atoms with Crippen molar-refractivity contribution in [1.82, 2.24) is 4.90 Å². The molecule has 1 fully saturated rings. The summed E-state index contributed by atoms with van der Waals surface area (Å²) in [5.74, 6) is -0.0341. The lowest BCUT2D eigenvalue weighted by molar-refractivity contribution is 0.0731. The first-order valence-corrected chi connectivity index (χ1v) is 7.20. The molecule has 2 unspecified atom stereocenters. The second-order valence-corrected chi connectivity index (χ2v) is 5.75. The molecule has 1 amide bonds. The average molecular weight is 335 g/mol. The molecule has 0 saturated carbocycles. The van der Waals surface area contributed by atoms with Gasteiger partial charge in [-0.25, -0.2) is 4.39 Å². The number of likely N-dealkylation sites (tertiary alicyclic amines) is 1. The molecular formula is C13H14BrClFNO. The van der Waals surface area contributed by atoms with E-state index in [0.29, 0.717) is 22.8 Å². The van der Waals surface area contributed by atoms with Gasteiger partial charge in [0, 0.05) is 22.9 Å². The topological polar surface area (TPSA) is 20.3 Å². The summed E-state index contributed by atoms with van der Waals surface area (Å²) in [6.07, 6.45) is 0.912. The number of alkyl halides is 1. The first-order chi connectivity index (χ1) is 8.56. The predicted molar refractivity (Wildman–Crippen MR) is 73.4 cm³/mol. The normalized spacial score (nSPS) is 23.4. The van der Waals surface area contributed by atoms with Crippen molar-refractivity contribution in [3.05, 3.63) is 34.1 Å². The van der Waals surface area contributed by atoms with E-state index in [1.165, 1.54) is 6.07 Å². The maximum atomic E-state index is 13.8. The maximum absolute atomic E-state index is 13.8. The van der Waals surface area contributed by atoms with Gasteiger partial charge in [0.1, 0.15) is 5.82 Å². The Balaban J connectivity index is 2.32. The minimum atomic E-state index is -0.498. The third kappa shape index (κ3) is 2.41. The predicted octanol–water partition coefficient (Wildman–Crippen LogP) is 3.68. The van der Waals surface area contributed by atoms with Crippen LogP contribution in [-0.2, 0) is 0 Å². The number of hydrogen-bond acceptors (Lipinski definition) is 1. The molecule has 2 atom stereocenters. The van der Waals surface area contributed by atoms with Gasteiger partial charge < -0.3 is 4.90 Å². The molecule has 98 valence electrons. The zero-order valence-corrected chi connectivity index (χ0v) is 12.3. The molecule has 0 aromatic heterocycles. The van der Waals surface area contributed by atoms with Gasteiger partial charge in [-0.05, 0) is 40.4 Å². The SMILES string of the molecule is CC1CCN(C(=O)c2c(F)cccc2Br)C1CCl. The molecule has 5 heteroatoms. The summed E-state index contributed by atoms with van der Waals surface area (Å²) in [7, 11) is 0. The van der Waals surface area contributed by atoms with Crippen molar-refractivity contribution in [3.8, 4) is 0 Å². The van der Waals surface area contributed by atoms with Gasteiger partial charge in [0.25, 0.3) is 5.91 Å². The first kappa shape index (κ1) is 13.8. The van der Waals surface area contributed by atoms with Crippen molar-refractivity contribution in [1.29, 1.82) is 0 Å². The Bertz CT molecular complexity index is 448. The minimum absolute atomic E-state index is 0.00864. The first-order valence-electron chi connectivity index (χ1n) is 5.87. The monoisotopic (exact) mass is 333 g/mol. The van der Waals surface area contributed by atoms with E-state index >= 15 is 0 Å². The fourth-order valence-electron chi connectivity index (χ4n) is 2.34. The zero-order chi connectivity index (χ0) is 13.3. The molecule has 1 aromatic rings. The Labute approximate surface area is 119 Å². The van der Waals surface area contributed by atoms with Crippen LogP contribution in [0.5, 0.6) is 0 Å². The van der Waals surface area contributed by atoms with E-state index < -0.39 is 5.82 Å². The highest BCUT2D eigenvalue weighted by atomic mass is 79.9. The molecule has 1 aliphatic heterocycles. The van der Waals surface area contributed by atoms with Crippen LogP contribution in [0.4, 0.5) is 4.39 Å². The van der Waals surface area contributed by atoms with E-state index in [1.54, 1.807) is 17.0 Å². The number of carbonyl (C=O) groups is 1. The maximum Gasteiger partial charge on any atom is 0.258 e. The highest BCUT2D eigenvalue weighted by Gasteiger charge is 2.35. The summed E-state index contributed by atoms with van der Waals surface area (Å²) >= 11 is 9.14. The lowest BCUT2D eigenvalue weighted by Crippen LogP contribution is -2.39. The number of halogens is 3. The Hall–Kier alpha value is -0.610. The highest BCUT2D eigenvalue weighted by molar-refractivity contribution is 9.10. The Kier molecular flexibility index (Phi) is 4.28. The van der Waals surface area contributed by atoms with Crippen LogP contribution in [0.15, 0.2) is 22.7 Å². The number of rotatable bonds is 2. The number of hydrogen-bond donors (Lipinski definition) is 0. The minimum Gasteiger partial charge on any atom is -0.334 e. The molecule has 1 heterocycles. The molecule has 1 saturated heterocycles. The van der Waals surface area contributed by atoms with Crippen molar-refractivity contribution in [2.45, 2.75) is 19.4 Å². The number of nitrogens with zero attached hydrogens (tertiary/aromatic N) is 1. The third-order valence-corrected chi connectivity index (χ3v) is 4.46. The van der Waals surface area contributed by atoms with Crippen LogP contribution in [0.1, 0.15) is 23.7 Å². The van der Waals surface area contributed by atoms with Crippen LogP contribution in [-0.4, -0.2) is 29.3 Å². The summed E-state index contributed by atoms with van der Waals surface area (Å²) in [5.41, 5.74) is 0.0988. The molecule has 2 nitrogen and oxygen atoms in total. The molecular weight excluding hydrogens is 321 g/mol. The van der Waals surface area contributed by atoms with Crippen molar-refractivity contribution in [2.75, 3.05) is 12.4 Å². The number of benzene rings is 1. The molecule has 0 aliphatic carbocycles. The summed E-state index contributed by atoms with van der Waals surface area (Å²) in [6, 6.07) is 4.53. The van der Waals surface area contributed by atoms with E-state index in [0.717, 1.165) is 6.42 Å². The van der Waals surface area contributed by atoms with Crippen molar-refractivity contribution in [2.24, 2.45) is 5.92 Å². The van der Waals surface area contributed by atoms with Crippen LogP contribution in [0.25, 0.3) is 0 Å². The van der Waals surface area contributed by atoms with Crippen LogP contribution in [0, 0.1) is 11.7 Å². The Morgan fingerprint density at radius 2 is 2.33 bits per heavy atom. The van der Waals surface area contributed by atoms with Gasteiger partial charge in [0.05, 0.1) is 5.56 Å². The standard InChI is InChI=1S/C13H14BrClFNO/c1-8-5-6-17(11(8)7-15)13(18)12-9(14)3-2-4-10(12)16/h2-4,8,11H,5-7H2,1H3. The van der Waals surface area contributed by atoms with Crippen molar-refractivity contribution >= 4 is 33.4 Å². The van der Waals surface area contributed by atoms with Gasteiger partial charge in [-0.3, -0.25) is 4.79 Å². The van der Waals surface area contributed by atoms with Gasteiger partial charge in [0.15, 0.2) is 0 Å². The fraction of sp³-hybridized carbons (Fsp3) is 0.462. The molecule has 2 rings (SSSR count). The molecule has 1 aromatic carbocycles. The number of carbonyl (C=O) groups excluding carboxylic acids is 1. The molecule has 1 aliphatic rings. The number of amides is 1. The van der Waals surface area contributed by atoms with E-state index in [-0.39, 0.29) is 17.5 Å². The molecule has 0 N–H and O–H groups in total. The molecule has 0 bridgehead atoms. The Morgan fingerprint density at radius 1 is 1.61 bits per heavy atom. The van der Waals surface area contributed by atoms with Gasteiger partial charge in [-0.15, -0.1) is 11.6 Å². The quantitative estimate of drug-likeness (QED) is 0.756. The lowest BCUT2D eigenvalue weighted by Gasteiger charge is -2.25. The third-order valence-electron chi connectivity index (χ3n) is 3.48. The largest absolute Gasteiger partial charge is 0.334 e. The summed E-state index contributed by atoms with van der Waals surface area (Å²) in [6.45, 7) is 2.70. The van der Waals surface area contributed by atoms with Crippen LogP contribution in [0.3, 0.4) is 0 Å². The van der Waals surface area contributed by atoms with Crippen LogP contribution in [0.2, 0.25) is 0 Å². The van der Waals surface area contributed by atoms with Gasteiger partial charge in [-0.1, -0.05) is 13.0 Å². The fourth-order valence-corrected chi connectivity index (χ4v) is 3.32. The van der Waals surface area contributed by atoms with E-state index in [1.807, 2.05) is 0 Å². The molecule has 18 heavy (non-hydrogen) atoms. The van der Waals surface area contributed by atoms with E-state index in [9.17, 15) is 9.18 Å². The van der Waals surface area contributed by atoms with Gasteiger partial charge in [0.2, 0.25) is 0 Å². The highest BCUT2D eigenvalue weighted by Crippen LogP contribution is 2.29. The second kappa shape index (κ2) is 5.57. The lowest BCUT2D eigenvalue weighted by atomic mass is 10.0.